The average molecular weight is 430 g/mol. The Hall–Kier alpha value is -2.04. The first-order valence-corrected chi connectivity index (χ1v) is 9.93. The summed E-state index contributed by atoms with van der Waals surface area (Å²) in [6.07, 6.45) is 1.43. The van der Waals surface area contributed by atoms with Gasteiger partial charge in [0.05, 0.1) is 31.2 Å². The van der Waals surface area contributed by atoms with Crippen LogP contribution < -0.4 is 5.32 Å². The van der Waals surface area contributed by atoms with E-state index in [0.29, 0.717) is 16.3 Å². The molecule has 1 aromatic rings. The second-order valence-corrected chi connectivity index (χ2v) is 7.90. The number of carboxylic acid groups (broad SMARTS) is 1. The van der Waals surface area contributed by atoms with Crippen LogP contribution in [0.15, 0.2) is 33.3 Å². The molecule has 1 aliphatic rings. The summed E-state index contributed by atoms with van der Waals surface area (Å²) in [6.45, 7) is 0. The predicted octanol–water partition coefficient (Wildman–Crippen LogP) is 2.39. The molecule has 0 saturated carbocycles. The Morgan fingerprint density at radius 2 is 2.26 bits per heavy atom. The molecule has 0 spiro atoms. The number of methoxy groups -OCH3 is 1. The molecule has 0 bridgehead atoms. The number of nitrogens with one attached hydrogen (secondary N) is 1. The van der Waals surface area contributed by atoms with E-state index in [2.05, 4.69) is 20.3 Å². The number of ether oxygens (including phenoxy) is 1. The number of amidine groups is 1. The molecule has 1 aliphatic heterocycles. The van der Waals surface area contributed by atoms with Crippen molar-refractivity contribution in [1.29, 1.82) is 0 Å². The van der Waals surface area contributed by atoms with Crippen LogP contribution in [0.1, 0.15) is 18.4 Å². The van der Waals surface area contributed by atoms with Gasteiger partial charge in [-0.3, -0.25) is 14.4 Å². The highest BCUT2D eigenvalue weighted by Crippen LogP contribution is 2.28. The van der Waals surface area contributed by atoms with Crippen molar-refractivity contribution in [3.63, 3.8) is 0 Å². The summed E-state index contributed by atoms with van der Waals surface area (Å²) < 4.78 is 4.61. The zero-order valence-electron chi connectivity index (χ0n) is 14.2. The van der Waals surface area contributed by atoms with E-state index >= 15 is 0 Å². The number of benzene rings is 1. The van der Waals surface area contributed by atoms with Crippen molar-refractivity contribution in [2.45, 2.75) is 23.0 Å². The molecule has 1 heterocycles. The molecule has 2 rings (SSSR count). The topological polar surface area (TPSA) is 117 Å². The van der Waals surface area contributed by atoms with Crippen LogP contribution in [-0.2, 0) is 19.1 Å². The van der Waals surface area contributed by atoms with Crippen LogP contribution in [0.2, 0.25) is 5.02 Å². The molecule has 144 valence electrons. The highest BCUT2D eigenvalue weighted by atomic mass is 35.5. The first-order chi connectivity index (χ1) is 12.9. The summed E-state index contributed by atoms with van der Waals surface area (Å²) in [6, 6.07) is 5.34. The Balaban J connectivity index is 2.05. The van der Waals surface area contributed by atoms with Crippen LogP contribution in [0.25, 0.3) is 0 Å². The van der Waals surface area contributed by atoms with Gasteiger partial charge in [0.25, 0.3) is 0 Å². The van der Waals surface area contributed by atoms with E-state index in [0.717, 1.165) is 16.7 Å². The van der Waals surface area contributed by atoms with Crippen molar-refractivity contribution < 1.29 is 24.2 Å². The summed E-state index contributed by atoms with van der Waals surface area (Å²) in [5.74, 6) is -1.24. The summed E-state index contributed by atoms with van der Waals surface area (Å²) in [5.41, 5.74) is 0.634. The number of halogens is 1. The number of esters is 1. The fourth-order valence-electron chi connectivity index (χ4n) is 2.00. The quantitative estimate of drug-likeness (QED) is 0.282. The van der Waals surface area contributed by atoms with Gasteiger partial charge in [-0.2, -0.15) is 5.10 Å². The largest absolute Gasteiger partial charge is 0.481 e. The minimum atomic E-state index is -1.06. The van der Waals surface area contributed by atoms with Crippen LogP contribution >= 0.6 is 35.1 Å². The van der Waals surface area contributed by atoms with Crippen molar-refractivity contribution in [2.75, 3.05) is 12.9 Å². The van der Waals surface area contributed by atoms with Gasteiger partial charge in [0.1, 0.15) is 5.25 Å². The second kappa shape index (κ2) is 10.3. The Morgan fingerprint density at radius 3 is 2.96 bits per heavy atom. The predicted molar refractivity (Wildman–Crippen MR) is 106 cm³/mol. The normalized spacial score (nSPS) is 18.1. The number of thioether (sulfide) groups is 2. The lowest BCUT2D eigenvalue weighted by atomic mass is 10.2. The Labute approximate surface area is 168 Å². The first kappa shape index (κ1) is 21.3. The minimum Gasteiger partial charge on any atom is -0.481 e. The number of hydrogen-bond donors (Lipinski definition) is 2. The third-order valence-electron chi connectivity index (χ3n) is 3.28. The maximum atomic E-state index is 11.7. The lowest BCUT2D eigenvalue weighted by Gasteiger charge is -2.06. The number of hydrogen-bond acceptors (Lipinski definition) is 8. The van der Waals surface area contributed by atoms with Crippen LogP contribution in [0, 0.1) is 0 Å². The van der Waals surface area contributed by atoms with Gasteiger partial charge in [-0.15, -0.1) is 16.9 Å². The van der Waals surface area contributed by atoms with Gasteiger partial charge in [-0.05, 0) is 12.1 Å². The van der Waals surface area contributed by atoms with Crippen molar-refractivity contribution in [2.24, 2.45) is 10.2 Å². The first-order valence-electron chi connectivity index (χ1n) is 7.69. The number of aliphatic carboxylic acids is 1. The van der Waals surface area contributed by atoms with E-state index < -0.39 is 17.1 Å². The molecule has 0 radical (unpaired) electrons. The molecular weight excluding hydrogens is 414 g/mol. The minimum absolute atomic E-state index is 0.231. The van der Waals surface area contributed by atoms with E-state index in [1.165, 1.54) is 25.1 Å². The zero-order valence-corrected chi connectivity index (χ0v) is 16.6. The highest BCUT2D eigenvalue weighted by Gasteiger charge is 2.32. The number of carbonyl (C=O) groups is 3. The molecule has 1 unspecified atom stereocenters. The molecule has 2 N–H and O–H groups in total. The van der Waals surface area contributed by atoms with E-state index in [1.54, 1.807) is 12.1 Å². The molecular formula is C16H16ClN3O5S2. The van der Waals surface area contributed by atoms with Crippen LogP contribution in [0.3, 0.4) is 0 Å². The van der Waals surface area contributed by atoms with Crippen molar-refractivity contribution in [1.82, 2.24) is 5.32 Å². The molecule has 1 atom stereocenters. The molecule has 0 aromatic heterocycles. The number of nitrogens with zero attached hydrogens (tertiary/aromatic N) is 2. The molecule has 1 fully saturated rings. The Bertz CT molecular complexity index is 800. The standard InChI is InChI=1S/C16H16ClN3O5S2/c1-25-14(23)5-6-26-11-4-2-3-10(17)9(11)8-18-20-16-19-15(24)12(27-16)7-13(21)22/h2-4,8,12H,5-7H2,1H3,(H,21,22)(H,19,20,24). The van der Waals surface area contributed by atoms with E-state index in [4.69, 9.17) is 16.7 Å². The smallest absolute Gasteiger partial charge is 0.306 e. The third-order valence-corrected chi connectivity index (χ3v) is 5.75. The van der Waals surface area contributed by atoms with Crippen LogP contribution in [-0.4, -0.2) is 52.4 Å². The second-order valence-electron chi connectivity index (χ2n) is 5.17. The lowest BCUT2D eigenvalue weighted by Crippen LogP contribution is -2.26. The summed E-state index contributed by atoms with van der Waals surface area (Å²) in [5, 5.41) is 19.1. The zero-order chi connectivity index (χ0) is 19.8. The number of rotatable bonds is 8. The highest BCUT2D eigenvalue weighted by molar-refractivity contribution is 8.15. The molecule has 1 saturated heterocycles. The van der Waals surface area contributed by atoms with Gasteiger partial charge in [0.15, 0.2) is 5.17 Å². The molecule has 27 heavy (non-hydrogen) atoms. The number of carboxylic acids is 1. The number of carbonyl (C=O) groups excluding carboxylic acids is 2. The molecule has 11 heteroatoms. The fraction of sp³-hybridized carbons (Fsp3) is 0.312. The molecule has 0 aliphatic carbocycles. The number of amides is 1. The van der Waals surface area contributed by atoms with Gasteiger partial charge >= 0.3 is 11.9 Å². The maximum absolute atomic E-state index is 11.7. The van der Waals surface area contributed by atoms with Crippen molar-refractivity contribution >= 4 is 64.4 Å². The Kier molecular flexibility index (Phi) is 8.14. The summed E-state index contributed by atoms with van der Waals surface area (Å²) in [7, 11) is 1.34. The SMILES string of the molecule is COC(=O)CCSc1cccc(Cl)c1C=NN=C1NC(=O)C(CC(=O)O)S1. The summed E-state index contributed by atoms with van der Waals surface area (Å²) in [4.78, 5) is 34.4. The monoisotopic (exact) mass is 429 g/mol. The molecule has 1 amide bonds. The summed E-state index contributed by atoms with van der Waals surface area (Å²) >= 11 is 8.66. The van der Waals surface area contributed by atoms with Gasteiger partial charge in [-0.25, -0.2) is 0 Å². The van der Waals surface area contributed by atoms with Crippen LogP contribution in [0.5, 0.6) is 0 Å². The van der Waals surface area contributed by atoms with Crippen LogP contribution in [0.4, 0.5) is 0 Å². The van der Waals surface area contributed by atoms with E-state index in [9.17, 15) is 14.4 Å². The van der Waals surface area contributed by atoms with E-state index in [1.807, 2.05) is 6.07 Å². The van der Waals surface area contributed by atoms with E-state index in [-0.39, 0.29) is 24.0 Å². The van der Waals surface area contributed by atoms with Gasteiger partial charge in [0.2, 0.25) is 5.91 Å². The third kappa shape index (κ3) is 6.56. The lowest BCUT2D eigenvalue weighted by molar-refractivity contribution is -0.140. The molecule has 1 aromatic carbocycles. The maximum Gasteiger partial charge on any atom is 0.306 e. The van der Waals surface area contributed by atoms with Crippen molar-refractivity contribution in [3.8, 4) is 0 Å². The average Bonchev–Trinajstić information content (AvgIpc) is 2.95. The Morgan fingerprint density at radius 1 is 1.48 bits per heavy atom. The van der Waals surface area contributed by atoms with Gasteiger partial charge in [0, 0.05) is 16.2 Å². The molecule has 8 nitrogen and oxygen atoms in total. The fourth-order valence-corrected chi connectivity index (χ4v) is 4.18. The van der Waals surface area contributed by atoms with Crippen molar-refractivity contribution in [3.05, 3.63) is 28.8 Å². The van der Waals surface area contributed by atoms with Gasteiger partial charge in [-0.1, -0.05) is 29.4 Å². The van der Waals surface area contributed by atoms with Gasteiger partial charge < -0.3 is 15.2 Å².